The summed E-state index contributed by atoms with van der Waals surface area (Å²) in [5.41, 5.74) is 0. The molecule has 16 heavy (non-hydrogen) atoms. The van der Waals surface area contributed by atoms with Gasteiger partial charge in [0.25, 0.3) is 0 Å². The summed E-state index contributed by atoms with van der Waals surface area (Å²) in [4.78, 5) is 14.4. The first kappa shape index (κ1) is 12.5. The van der Waals surface area contributed by atoms with Crippen molar-refractivity contribution in [3.8, 4) is 6.01 Å². The monoisotopic (exact) mass is 225 g/mol. The average Bonchev–Trinajstić information content (AvgIpc) is 2.26. The van der Waals surface area contributed by atoms with Gasteiger partial charge in [0, 0.05) is 20.6 Å². The van der Waals surface area contributed by atoms with E-state index in [-0.39, 0.29) is 0 Å². The minimum absolute atomic E-state index is 0.372. The molecule has 90 valence electrons. The van der Waals surface area contributed by atoms with Crippen molar-refractivity contribution < 1.29 is 4.74 Å². The second kappa shape index (κ2) is 6.09. The molecule has 6 nitrogen and oxygen atoms in total. The summed E-state index contributed by atoms with van der Waals surface area (Å²) in [6, 6.07) is 0.372. The van der Waals surface area contributed by atoms with E-state index >= 15 is 0 Å². The second-order valence-electron chi connectivity index (χ2n) is 3.51. The number of nitrogens with one attached hydrogen (secondary N) is 1. The van der Waals surface area contributed by atoms with Crippen LogP contribution in [0.25, 0.3) is 0 Å². The predicted octanol–water partition coefficient (Wildman–Crippen LogP) is 1.16. The van der Waals surface area contributed by atoms with Gasteiger partial charge in [-0.2, -0.15) is 15.0 Å². The third-order valence-corrected chi connectivity index (χ3v) is 1.77. The molecule has 0 aliphatic rings. The molecule has 0 bridgehead atoms. The molecule has 0 amide bonds. The Morgan fingerprint density at radius 2 is 1.94 bits per heavy atom. The second-order valence-corrected chi connectivity index (χ2v) is 3.51. The van der Waals surface area contributed by atoms with E-state index in [1.54, 1.807) is 0 Å². The van der Waals surface area contributed by atoms with Crippen LogP contribution in [0, 0.1) is 0 Å². The van der Waals surface area contributed by atoms with Gasteiger partial charge in [-0.3, -0.25) is 0 Å². The standard InChI is InChI=1S/C10H19N5O/c1-5-7-16-10-13-8(11-6-2)12-9(14-10)15(3)4/h5-7H2,1-4H3,(H,11,12,13,14). The van der Waals surface area contributed by atoms with Gasteiger partial charge in [-0.1, -0.05) is 6.92 Å². The maximum absolute atomic E-state index is 5.40. The lowest BCUT2D eigenvalue weighted by atomic mass is 10.5. The number of aromatic nitrogens is 3. The highest BCUT2D eigenvalue weighted by atomic mass is 16.5. The SMILES string of the molecule is CCCOc1nc(NCC)nc(N(C)C)n1. The van der Waals surface area contributed by atoms with Gasteiger partial charge in [-0.25, -0.2) is 0 Å². The molecule has 0 atom stereocenters. The Morgan fingerprint density at radius 3 is 2.50 bits per heavy atom. The van der Waals surface area contributed by atoms with Crippen molar-refractivity contribution >= 4 is 11.9 Å². The molecule has 0 saturated carbocycles. The summed E-state index contributed by atoms with van der Waals surface area (Å²) in [5.74, 6) is 1.14. The van der Waals surface area contributed by atoms with Crippen LogP contribution in [-0.4, -0.2) is 42.2 Å². The molecule has 0 aliphatic carbocycles. The normalized spacial score (nSPS) is 10.0. The Labute approximate surface area is 96.1 Å². The molecular weight excluding hydrogens is 206 g/mol. The highest BCUT2D eigenvalue weighted by Gasteiger charge is 2.07. The minimum atomic E-state index is 0.372. The van der Waals surface area contributed by atoms with Crippen molar-refractivity contribution in [1.82, 2.24) is 15.0 Å². The fourth-order valence-electron chi connectivity index (χ4n) is 1.04. The van der Waals surface area contributed by atoms with Gasteiger partial charge in [-0.05, 0) is 13.3 Å². The summed E-state index contributed by atoms with van der Waals surface area (Å²) in [7, 11) is 3.77. The number of nitrogens with zero attached hydrogens (tertiary/aromatic N) is 4. The summed E-state index contributed by atoms with van der Waals surface area (Å²) < 4.78 is 5.40. The quantitative estimate of drug-likeness (QED) is 0.783. The van der Waals surface area contributed by atoms with Gasteiger partial charge >= 0.3 is 6.01 Å². The molecule has 0 aromatic carbocycles. The van der Waals surface area contributed by atoms with E-state index in [2.05, 4.69) is 20.3 Å². The van der Waals surface area contributed by atoms with Crippen LogP contribution in [0.5, 0.6) is 6.01 Å². The Balaban J connectivity index is 2.89. The molecular formula is C10H19N5O. The highest BCUT2D eigenvalue weighted by Crippen LogP contribution is 2.12. The molecule has 1 rings (SSSR count). The molecule has 1 aromatic heterocycles. The first-order valence-corrected chi connectivity index (χ1v) is 5.47. The van der Waals surface area contributed by atoms with Gasteiger partial charge in [0.15, 0.2) is 0 Å². The van der Waals surface area contributed by atoms with Crippen LogP contribution >= 0.6 is 0 Å². The third kappa shape index (κ3) is 3.52. The van der Waals surface area contributed by atoms with Crippen molar-refractivity contribution in [2.45, 2.75) is 20.3 Å². The molecule has 0 spiro atoms. The zero-order valence-corrected chi connectivity index (χ0v) is 10.3. The molecule has 1 N–H and O–H groups in total. The molecule has 6 heteroatoms. The highest BCUT2D eigenvalue weighted by molar-refractivity contribution is 5.36. The van der Waals surface area contributed by atoms with Crippen LogP contribution in [0.3, 0.4) is 0 Å². The number of hydrogen-bond acceptors (Lipinski definition) is 6. The Morgan fingerprint density at radius 1 is 1.19 bits per heavy atom. The summed E-state index contributed by atoms with van der Waals surface area (Å²) >= 11 is 0. The Hall–Kier alpha value is -1.59. The lowest BCUT2D eigenvalue weighted by Crippen LogP contribution is -2.16. The molecule has 0 aliphatic heterocycles. The van der Waals surface area contributed by atoms with E-state index in [1.165, 1.54) is 0 Å². The van der Waals surface area contributed by atoms with Gasteiger partial charge in [0.1, 0.15) is 0 Å². The fourth-order valence-corrected chi connectivity index (χ4v) is 1.04. The van der Waals surface area contributed by atoms with Gasteiger partial charge in [0.2, 0.25) is 11.9 Å². The van der Waals surface area contributed by atoms with Gasteiger partial charge in [0.05, 0.1) is 6.61 Å². The maximum atomic E-state index is 5.40. The van der Waals surface area contributed by atoms with Crippen molar-refractivity contribution in [3.63, 3.8) is 0 Å². The maximum Gasteiger partial charge on any atom is 0.323 e. The van der Waals surface area contributed by atoms with E-state index in [4.69, 9.17) is 4.74 Å². The number of anilines is 2. The van der Waals surface area contributed by atoms with Crippen molar-refractivity contribution in [2.75, 3.05) is 37.5 Å². The van der Waals surface area contributed by atoms with Gasteiger partial charge < -0.3 is 15.0 Å². The number of hydrogen-bond donors (Lipinski definition) is 1. The van der Waals surface area contributed by atoms with E-state index in [9.17, 15) is 0 Å². The molecule has 0 saturated heterocycles. The zero-order chi connectivity index (χ0) is 12.0. The van der Waals surface area contributed by atoms with Crippen molar-refractivity contribution in [1.29, 1.82) is 0 Å². The van der Waals surface area contributed by atoms with E-state index in [0.29, 0.717) is 24.5 Å². The first-order valence-electron chi connectivity index (χ1n) is 5.47. The van der Waals surface area contributed by atoms with Crippen LogP contribution < -0.4 is 15.0 Å². The Bertz CT molecular complexity index is 329. The molecule has 0 fully saturated rings. The summed E-state index contributed by atoms with van der Waals surface area (Å²) in [6.45, 7) is 5.41. The predicted molar refractivity (Wildman–Crippen MR) is 64.1 cm³/mol. The number of rotatable bonds is 6. The largest absolute Gasteiger partial charge is 0.463 e. The van der Waals surface area contributed by atoms with Crippen LogP contribution in [0.15, 0.2) is 0 Å². The van der Waals surface area contributed by atoms with Crippen LogP contribution in [-0.2, 0) is 0 Å². The van der Waals surface area contributed by atoms with E-state index in [1.807, 2.05) is 32.8 Å². The number of ether oxygens (including phenoxy) is 1. The topological polar surface area (TPSA) is 63.2 Å². The van der Waals surface area contributed by atoms with E-state index < -0.39 is 0 Å². The summed E-state index contributed by atoms with van der Waals surface area (Å²) in [6.07, 6.45) is 0.930. The lowest BCUT2D eigenvalue weighted by Gasteiger charge is -2.12. The van der Waals surface area contributed by atoms with E-state index in [0.717, 1.165) is 13.0 Å². The Kier molecular flexibility index (Phi) is 4.75. The average molecular weight is 225 g/mol. The molecule has 1 aromatic rings. The van der Waals surface area contributed by atoms with Crippen LogP contribution in [0.1, 0.15) is 20.3 Å². The van der Waals surface area contributed by atoms with Crippen molar-refractivity contribution in [2.24, 2.45) is 0 Å². The molecule has 1 heterocycles. The third-order valence-electron chi connectivity index (χ3n) is 1.77. The smallest absolute Gasteiger partial charge is 0.323 e. The summed E-state index contributed by atoms with van der Waals surface area (Å²) in [5, 5.41) is 3.05. The fraction of sp³-hybridized carbons (Fsp3) is 0.700. The molecule has 0 radical (unpaired) electrons. The molecule has 0 unspecified atom stereocenters. The van der Waals surface area contributed by atoms with Crippen LogP contribution in [0.2, 0.25) is 0 Å². The van der Waals surface area contributed by atoms with Crippen LogP contribution in [0.4, 0.5) is 11.9 Å². The lowest BCUT2D eigenvalue weighted by molar-refractivity contribution is 0.292. The van der Waals surface area contributed by atoms with Gasteiger partial charge in [-0.15, -0.1) is 0 Å². The minimum Gasteiger partial charge on any atom is -0.463 e. The van der Waals surface area contributed by atoms with Crippen molar-refractivity contribution in [3.05, 3.63) is 0 Å². The first-order chi connectivity index (χ1) is 7.67. The zero-order valence-electron chi connectivity index (χ0n) is 10.3.